The number of hydrogen-bond acceptors (Lipinski definition) is 4. The van der Waals surface area contributed by atoms with Crippen LogP contribution in [0.15, 0.2) is 17.3 Å². The van der Waals surface area contributed by atoms with Gasteiger partial charge in [-0.3, -0.25) is 10.00 Å². The van der Waals surface area contributed by atoms with Crippen LogP contribution in [0.3, 0.4) is 0 Å². The molecule has 0 unspecified atom stereocenters. The molecule has 0 aliphatic carbocycles. The monoisotopic (exact) mass is 298 g/mol. The molecule has 0 bridgehead atoms. The highest BCUT2D eigenvalue weighted by atomic mass is 32.2. The van der Waals surface area contributed by atoms with E-state index in [0.29, 0.717) is 0 Å². The van der Waals surface area contributed by atoms with Crippen molar-refractivity contribution in [3.05, 3.63) is 12.3 Å². The van der Waals surface area contributed by atoms with E-state index in [4.69, 9.17) is 0 Å². The van der Waals surface area contributed by atoms with Gasteiger partial charge in [0.25, 0.3) is 10.0 Å². The standard InChI is InChI=1S/C9H13F3N4O2S/c10-9(11,12)7-15-3-5-16(6-4-15)19(17,18)8-1-2-13-14-8/h1-2H,3-7H2,(H,13,14). The minimum Gasteiger partial charge on any atom is -0.292 e. The summed E-state index contributed by atoms with van der Waals surface area (Å²) in [6, 6.07) is 1.32. The van der Waals surface area contributed by atoms with E-state index in [1.807, 2.05) is 0 Å². The zero-order valence-electron chi connectivity index (χ0n) is 9.89. The van der Waals surface area contributed by atoms with E-state index >= 15 is 0 Å². The molecule has 1 aromatic rings. The number of nitrogens with one attached hydrogen (secondary N) is 1. The van der Waals surface area contributed by atoms with Gasteiger partial charge in [0.05, 0.1) is 12.7 Å². The zero-order chi connectivity index (χ0) is 14.1. The van der Waals surface area contributed by atoms with Gasteiger partial charge in [-0.2, -0.15) is 22.6 Å². The molecule has 0 aromatic carbocycles. The van der Waals surface area contributed by atoms with E-state index in [2.05, 4.69) is 10.2 Å². The van der Waals surface area contributed by atoms with Crippen LogP contribution in [0.25, 0.3) is 0 Å². The van der Waals surface area contributed by atoms with E-state index < -0.39 is 22.7 Å². The second-order valence-electron chi connectivity index (χ2n) is 4.22. The fourth-order valence-electron chi connectivity index (χ4n) is 1.91. The van der Waals surface area contributed by atoms with Crippen molar-refractivity contribution in [1.82, 2.24) is 19.4 Å². The molecule has 0 amide bonds. The maximum atomic E-state index is 12.2. The van der Waals surface area contributed by atoms with Gasteiger partial charge in [-0.05, 0) is 6.07 Å². The van der Waals surface area contributed by atoms with Crippen LogP contribution < -0.4 is 0 Å². The number of H-pyrrole nitrogens is 1. The van der Waals surface area contributed by atoms with Crippen LogP contribution in [0.1, 0.15) is 0 Å². The molecule has 1 N–H and O–H groups in total. The summed E-state index contributed by atoms with van der Waals surface area (Å²) in [5, 5.41) is 5.86. The second kappa shape index (κ2) is 5.10. The van der Waals surface area contributed by atoms with E-state index in [1.165, 1.54) is 17.2 Å². The van der Waals surface area contributed by atoms with Crippen molar-refractivity contribution in [1.29, 1.82) is 0 Å². The largest absolute Gasteiger partial charge is 0.401 e. The van der Waals surface area contributed by atoms with Crippen molar-refractivity contribution in [2.24, 2.45) is 0 Å². The third-order valence-electron chi connectivity index (χ3n) is 2.83. The minimum absolute atomic E-state index is 0.0391. The highest BCUT2D eigenvalue weighted by Gasteiger charge is 2.35. The first-order valence-corrected chi connectivity index (χ1v) is 7.02. The number of rotatable bonds is 3. The Hall–Kier alpha value is -1.13. The fraction of sp³-hybridized carbons (Fsp3) is 0.667. The van der Waals surface area contributed by atoms with Gasteiger partial charge in [-0.1, -0.05) is 0 Å². The van der Waals surface area contributed by atoms with E-state index in [0.717, 1.165) is 4.31 Å². The summed E-state index contributed by atoms with van der Waals surface area (Å²) in [7, 11) is -3.68. The molecule has 0 saturated carbocycles. The number of hydrogen-bond donors (Lipinski definition) is 1. The summed E-state index contributed by atoms with van der Waals surface area (Å²) >= 11 is 0. The van der Waals surface area contributed by atoms with Crippen molar-refractivity contribution in [3.63, 3.8) is 0 Å². The maximum Gasteiger partial charge on any atom is 0.401 e. The minimum atomic E-state index is -4.26. The first-order valence-electron chi connectivity index (χ1n) is 5.58. The van der Waals surface area contributed by atoms with E-state index in [1.54, 1.807) is 0 Å². The SMILES string of the molecule is O=S(=O)(c1ccn[nH]1)N1CCN(CC(F)(F)F)CC1. The third-order valence-corrected chi connectivity index (χ3v) is 4.66. The highest BCUT2D eigenvalue weighted by molar-refractivity contribution is 7.89. The number of alkyl halides is 3. The summed E-state index contributed by atoms with van der Waals surface area (Å²) in [5.74, 6) is 0. The number of sulfonamides is 1. The lowest BCUT2D eigenvalue weighted by Gasteiger charge is -2.33. The number of nitrogens with zero attached hydrogens (tertiary/aromatic N) is 3. The molecule has 10 heteroatoms. The Labute approximate surface area is 108 Å². The third kappa shape index (κ3) is 3.45. The van der Waals surface area contributed by atoms with Crippen molar-refractivity contribution in [3.8, 4) is 0 Å². The number of piperazine rings is 1. The van der Waals surface area contributed by atoms with E-state index in [-0.39, 0.29) is 31.2 Å². The topological polar surface area (TPSA) is 69.3 Å². The van der Waals surface area contributed by atoms with Crippen LogP contribution in [-0.4, -0.2) is 66.7 Å². The quantitative estimate of drug-likeness (QED) is 0.870. The first kappa shape index (κ1) is 14.3. The molecule has 0 atom stereocenters. The van der Waals surface area contributed by atoms with Gasteiger partial charge in [0.15, 0.2) is 5.03 Å². The molecule has 6 nitrogen and oxygen atoms in total. The Bertz CT molecular complexity index is 506. The van der Waals surface area contributed by atoms with Gasteiger partial charge in [0.1, 0.15) is 0 Å². The van der Waals surface area contributed by atoms with Crippen LogP contribution >= 0.6 is 0 Å². The van der Waals surface area contributed by atoms with Crippen LogP contribution in [0.4, 0.5) is 13.2 Å². The Kier molecular flexibility index (Phi) is 3.83. The molecule has 2 heterocycles. The Balaban J connectivity index is 1.97. The van der Waals surface area contributed by atoms with Gasteiger partial charge < -0.3 is 0 Å². The molecule has 0 spiro atoms. The number of aromatic amines is 1. The molecular formula is C9H13F3N4O2S. The molecular weight excluding hydrogens is 285 g/mol. The lowest BCUT2D eigenvalue weighted by atomic mass is 10.3. The van der Waals surface area contributed by atoms with Crippen LogP contribution in [0, 0.1) is 0 Å². The van der Waals surface area contributed by atoms with Gasteiger partial charge in [0, 0.05) is 26.2 Å². The molecule has 108 valence electrons. The van der Waals surface area contributed by atoms with Crippen LogP contribution in [0.5, 0.6) is 0 Å². The van der Waals surface area contributed by atoms with E-state index in [9.17, 15) is 21.6 Å². The van der Waals surface area contributed by atoms with Crippen LogP contribution in [0.2, 0.25) is 0 Å². The summed E-state index contributed by atoms with van der Waals surface area (Å²) in [6.07, 6.45) is -2.95. The molecule has 1 aliphatic heterocycles. The molecule has 1 fully saturated rings. The van der Waals surface area contributed by atoms with Gasteiger partial charge >= 0.3 is 6.18 Å². The van der Waals surface area contributed by atoms with Crippen molar-refractivity contribution in [2.75, 3.05) is 32.7 Å². The summed E-state index contributed by atoms with van der Waals surface area (Å²) in [5.41, 5.74) is 0. The predicted molar refractivity (Wildman–Crippen MR) is 59.8 cm³/mol. The normalized spacial score (nSPS) is 19.7. The summed E-state index contributed by atoms with van der Waals surface area (Å²) < 4.78 is 61.9. The summed E-state index contributed by atoms with van der Waals surface area (Å²) in [4.78, 5) is 1.19. The van der Waals surface area contributed by atoms with Crippen molar-refractivity contribution < 1.29 is 21.6 Å². The van der Waals surface area contributed by atoms with Gasteiger partial charge in [0.2, 0.25) is 0 Å². The smallest absolute Gasteiger partial charge is 0.292 e. The second-order valence-corrected chi connectivity index (χ2v) is 6.12. The molecule has 0 radical (unpaired) electrons. The molecule has 1 aliphatic rings. The fourth-order valence-corrected chi connectivity index (χ4v) is 3.23. The number of aromatic nitrogens is 2. The average Bonchev–Trinajstić information content (AvgIpc) is 2.81. The molecule has 2 rings (SSSR count). The van der Waals surface area contributed by atoms with Gasteiger partial charge in [-0.25, -0.2) is 8.42 Å². The Morgan fingerprint density at radius 3 is 2.37 bits per heavy atom. The lowest BCUT2D eigenvalue weighted by molar-refractivity contribution is -0.148. The average molecular weight is 298 g/mol. The number of halogens is 3. The van der Waals surface area contributed by atoms with Crippen LogP contribution in [-0.2, 0) is 10.0 Å². The Morgan fingerprint density at radius 1 is 1.26 bits per heavy atom. The summed E-state index contributed by atoms with van der Waals surface area (Å²) in [6.45, 7) is -0.806. The highest BCUT2D eigenvalue weighted by Crippen LogP contribution is 2.19. The Morgan fingerprint density at radius 2 is 1.89 bits per heavy atom. The molecule has 1 aromatic heterocycles. The van der Waals surface area contributed by atoms with Crippen molar-refractivity contribution >= 4 is 10.0 Å². The lowest BCUT2D eigenvalue weighted by Crippen LogP contribution is -2.50. The predicted octanol–water partition coefficient (Wildman–Crippen LogP) is 0.278. The molecule has 19 heavy (non-hydrogen) atoms. The maximum absolute atomic E-state index is 12.2. The van der Waals surface area contributed by atoms with Gasteiger partial charge in [-0.15, -0.1) is 0 Å². The first-order chi connectivity index (χ1) is 8.79. The molecule has 1 saturated heterocycles. The zero-order valence-corrected chi connectivity index (χ0v) is 10.7. The van der Waals surface area contributed by atoms with Crippen molar-refractivity contribution in [2.45, 2.75) is 11.2 Å².